The van der Waals surface area contributed by atoms with E-state index in [1.807, 2.05) is 0 Å². The van der Waals surface area contributed by atoms with E-state index >= 15 is 0 Å². The third-order valence-electron chi connectivity index (χ3n) is 2.23. The lowest BCUT2D eigenvalue weighted by molar-refractivity contribution is -0.531. The Labute approximate surface area is 90.6 Å². The van der Waals surface area contributed by atoms with Crippen molar-refractivity contribution in [2.45, 2.75) is 19.1 Å². The standard InChI is InChI=1S/C9H10N2O5/c1-6(10(13)14)9(12)7-2-4-8(5-3-7)11(15)16/h2-6,9,12H,1H3/t6-,9-/m1/s1. The van der Waals surface area contributed by atoms with Crippen molar-refractivity contribution < 1.29 is 15.0 Å². The predicted molar refractivity (Wildman–Crippen MR) is 54.5 cm³/mol. The molecule has 0 unspecified atom stereocenters. The Hall–Kier alpha value is -2.02. The van der Waals surface area contributed by atoms with E-state index in [0.717, 1.165) is 0 Å². The summed E-state index contributed by atoms with van der Waals surface area (Å²) in [5.74, 6) is 0. The van der Waals surface area contributed by atoms with E-state index in [0.29, 0.717) is 0 Å². The highest BCUT2D eigenvalue weighted by molar-refractivity contribution is 5.33. The van der Waals surface area contributed by atoms with E-state index in [1.54, 1.807) is 0 Å². The number of aliphatic hydroxyl groups excluding tert-OH is 1. The lowest BCUT2D eigenvalue weighted by Crippen LogP contribution is -2.23. The molecule has 1 aromatic carbocycles. The van der Waals surface area contributed by atoms with Crippen LogP contribution in [0.2, 0.25) is 0 Å². The average Bonchev–Trinajstić information content (AvgIpc) is 2.27. The first-order chi connectivity index (χ1) is 7.43. The first-order valence-corrected chi connectivity index (χ1v) is 4.49. The summed E-state index contributed by atoms with van der Waals surface area (Å²) in [5.41, 5.74) is 0.166. The number of nitrogens with zero attached hydrogens (tertiary/aromatic N) is 2. The maximum atomic E-state index is 10.4. The van der Waals surface area contributed by atoms with Crippen LogP contribution in [0.1, 0.15) is 18.6 Å². The molecule has 1 aromatic rings. The van der Waals surface area contributed by atoms with Gasteiger partial charge in [-0.05, 0) is 17.7 Å². The van der Waals surface area contributed by atoms with Gasteiger partial charge in [0.2, 0.25) is 6.04 Å². The summed E-state index contributed by atoms with van der Waals surface area (Å²) in [7, 11) is 0. The van der Waals surface area contributed by atoms with Gasteiger partial charge >= 0.3 is 0 Å². The van der Waals surface area contributed by atoms with Crippen molar-refractivity contribution in [2.24, 2.45) is 0 Å². The van der Waals surface area contributed by atoms with Gasteiger partial charge in [0.05, 0.1) is 4.92 Å². The molecule has 2 atom stereocenters. The zero-order valence-corrected chi connectivity index (χ0v) is 8.44. The molecule has 1 rings (SSSR count). The number of hydrogen-bond acceptors (Lipinski definition) is 5. The molecule has 86 valence electrons. The summed E-state index contributed by atoms with van der Waals surface area (Å²) in [6.07, 6.45) is -1.27. The van der Waals surface area contributed by atoms with E-state index in [1.165, 1.54) is 31.2 Å². The molecule has 0 saturated carbocycles. The normalized spacial score (nSPS) is 14.1. The third kappa shape index (κ3) is 2.51. The largest absolute Gasteiger partial charge is 0.381 e. The second-order valence-corrected chi connectivity index (χ2v) is 3.32. The van der Waals surface area contributed by atoms with Gasteiger partial charge in [0.25, 0.3) is 5.69 Å². The summed E-state index contributed by atoms with van der Waals surface area (Å²) in [4.78, 5) is 19.6. The highest BCUT2D eigenvalue weighted by atomic mass is 16.6. The fourth-order valence-corrected chi connectivity index (χ4v) is 1.19. The molecule has 0 aliphatic rings. The number of rotatable bonds is 4. The Morgan fingerprint density at radius 2 is 1.69 bits per heavy atom. The van der Waals surface area contributed by atoms with Crippen LogP contribution in [-0.4, -0.2) is 21.0 Å². The molecule has 0 heterocycles. The molecule has 7 nitrogen and oxygen atoms in total. The summed E-state index contributed by atoms with van der Waals surface area (Å²) in [6, 6.07) is 3.86. The Kier molecular flexibility index (Phi) is 3.51. The van der Waals surface area contributed by atoms with Gasteiger partial charge < -0.3 is 5.11 Å². The second kappa shape index (κ2) is 4.67. The van der Waals surface area contributed by atoms with Crippen LogP contribution in [0.5, 0.6) is 0 Å². The summed E-state index contributed by atoms with van der Waals surface area (Å²) >= 11 is 0. The van der Waals surface area contributed by atoms with E-state index in [-0.39, 0.29) is 11.3 Å². The molecule has 0 aliphatic carbocycles. The lowest BCUT2D eigenvalue weighted by atomic mass is 10.0. The molecule has 0 amide bonds. The number of hydrogen-bond donors (Lipinski definition) is 1. The van der Waals surface area contributed by atoms with Gasteiger partial charge in [0.1, 0.15) is 6.10 Å². The molecule has 0 bridgehead atoms. The van der Waals surface area contributed by atoms with Crippen molar-refractivity contribution in [1.82, 2.24) is 0 Å². The van der Waals surface area contributed by atoms with Gasteiger partial charge in [-0.2, -0.15) is 0 Å². The Morgan fingerprint density at radius 3 is 2.06 bits per heavy atom. The van der Waals surface area contributed by atoms with Crippen LogP contribution < -0.4 is 0 Å². The zero-order chi connectivity index (χ0) is 12.3. The Balaban J connectivity index is 2.89. The predicted octanol–water partition coefficient (Wildman–Crippen LogP) is 1.29. The van der Waals surface area contributed by atoms with E-state index in [4.69, 9.17) is 0 Å². The van der Waals surface area contributed by atoms with Crippen molar-refractivity contribution in [3.05, 3.63) is 50.1 Å². The van der Waals surface area contributed by atoms with Crippen LogP contribution in [-0.2, 0) is 0 Å². The lowest BCUT2D eigenvalue weighted by Gasteiger charge is -2.11. The van der Waals surface area contributed by atoms with Gasteiger partial charge in [-0.15, -0.1) is 0 Å². The van der Waals surface area contributed by atoms with Gasteiger partial charge in [-0.25, -0.2) is 0 Å². The first kappa shape index (κ1) is 12.1. The SMILES string of the molecule is C[C@H]([C@@H](O)c1ccc([N+](=O)[O-])cc1)[N+](=O)[O-]. The minimum atomic E-state index is -1.27. The van der Waals surface area contributed by atoms with Gasteiger partial charge in [-0.3, -0.25) is 20.2 Å². The molecule has 0 aromatic heterocycles. The fourth-order valence-electron chi connectivity index (χ4n) is 1.19. The molecular formula is C9H10N2O5. The molecule has 0 spiro atoms. The zero-order valence-electron chi connectivity index (χ0n) is 8.44. The summed E-state index contributed by atoms with van der Waals surface area (Å²) < 4.78 is 0. The van der Waals surface area contributed by atoms with Crippen molar-refractivity contribution in [3.63, 3.8) is 0 Å². The Morgan fingerprint density at radius 1 is 1.19 bits per heavy atom. The van der Waals surface area contributed by atoms with Crippen molar-refractivity contribution in [3.8, 4) is 0 Å². The minimum absolute atomic E-state index is 0.121. The minimum Gasteiger partial charge on any atom is -0.381 e. The smallest absolute Gasteiger partial charge is 0.269 e. The molecule has 1 N–H and O–H groups in total. The van der Waals surface area contributed by atoms with E-state index in [2.05, 4.69) is 0 Å². The van der Waals surface area contributed by atoms with E-state index in [9.17, 15) is 25.3 Å². The molecule has 0 aliphatic heterocycles. The topological polar surface area (TPSA) is 107 Å². The van der Waals surface area contributed by atoms with Crippen molar-refractivity contribution in [1.29, 1.82) is 0 Å². The quantitative estimate of drug-likeness (QED) is 0.614. The Bertz CT molecular complexity index is 403. The van der Waals surface area contributed by atoms with Crippen LogP contribution in [0.15, 0.2) is 24.3 Å². The highest BCUT2D eigenvalue weighted by Crippen LogP contribution is 2.21. The molecule has 7 heteroatoms. The van der Waals surface area contributed by atoms with Gasteiger partial charge in [-0.1, -0.05) is 0 Å². The molecule has 16 heavy (non-hydrogen) atoms. The summed E-state index contributed by atoms with van der Waals surface area (Å²) in [5, 5.41) is 30.4. The second-order valence-electron chi connectivity index (χ2n) is 3.32. The van der Waals surface area contributed by atoms with E-state index < -0.39 is 22.0 Å². The van der Waals surface area contributed by atoms with Gasteiger partial charge in [0, 0.05) is 24.0 Å². The van der Waals surface area contributed by atoms with Crippen LogP contribution in [0, 0.1) is 20.2 Å². The van der Waals surface area contributed by atoms with Crippen LogP contribution >= 0.6 is 0 Å². The number of aliphatic hydroxyl groups is 1. The van der Waals surface area contributed by atoms with Crippen LogP contribution in [0.25, 0.3) is 0 Å². The maximum absolute atomic E-state index is 10.4. The molecule has 0 fully saturated rings. The monoisotopic (exact) mass is 226 g/mol. The number of nitro benzene ring substituents is 1. The molecule has 0 saturated heterocycles. The van der Waals surface area contributed by atoms with Crippen LogP contribution in [0.3, 0.4) is 0 Å². The number of benzene rings is 1. The highest BCUT2D eigenvalue weighted by Gasteiger charge is 2.25. The third-order valence-corrected chi connectivity index (χ3v) is 2.23. The first-order valence-electron chi connectivity index (χ1n) is 4.49. The van der Waals surface area contributed by atoms with Crippen LogP contribution in [0.4, 0.5) is 5.69 Å². The number of non-ortho nitro benzene ring substituents is 1. The summed E-state index contributed by atoms with van der Waals surface area (Å²) in [6.45, 7) is 1.27. The number of nitro groups is 2. The maximum Gasteiger partial charge on any atom is 0.269 e. The molecule has 0 radical (unpaired) electrons. The molecular weight excluding hydrogens is 216 g/mol. The van der Waals surface area contributed by atoms with Crippen molar-refractivity contribution >= 4 is 5.69 Å². The fraction of sp³-hybridized carbons (Fsp3) is 0.333. The van der Waals surface area contributed by atoms with Crippen molar-refractivity contribution in [2.75, 3.05) is 0 Å². The average molecular weight is 226 g/mol. The van der Waals surface area contributed by atoms with Gasteiger partial charge in [0.15, 0.2) is 0 Å².